The van der Waals surface area contributed by atoms with Gasteiger partial charge in [-0.3, -0.25) is 0 Å². The molecule has 1 aliphatic rings. The van der Waals surface area contributed by atoms with Crippen molar-refractivity contribution in [1.29, 1.82) is 0 Å². The SMILES string of the molecule is Cc1ccccc1C=C1N=C(c2ccccc2)OC1=O. The van der Waals surface area contributed by atoms with Crippen molar-refractivity contribution in [3.63, 3.8) is 0 Å². The number of aryl methyl sites for hydroxylation is 1. The lowest BCUT2D eigenvalue weighted by atomic mass is 10.1. The minimum absolute atomic E-state index is 0.332. The molecule has 0 atom stereocenters. The zero-order valence-corrected chi connectivity index (χ0v) is 11.0. The molecule has 0 aliphatic carbocycles. The van der Waals surface area contributed by atoms with E-state index in [1.165, 1.54) is 0 Å². The van der Waals surface area contributed by atoms with Crippen LogP contribution in [0.25, 0.3) is 6.08 Å². The van der Waals surface area contributed by atoms with E-state index >= 15 is 0 Å². The molecule has 20 heavy (non-hydrogen) atoms. The fraction of sp³-hybridized carbons (Fsp3) is 0.0588. The molecule has 3 nitrogen and oxygen atoms in total. The first-order chi connectivity index (χ1) is 9.74. The first-order valence-corrected chi connectivity index (χ1v) is 6.37. The largest absolute Gasteiger partial charge is 0.402 e. The van der Waals surface area contributed by atoms with Crippen molar-refractivity contribution >= 4 is 17.9 Å². The quantitative estimate of drug-likeness (QED) is 0.615. The third-order valence-corrected chi connectivity index (χ3v) is 3.12. The third-order valence-electron chi connectivity index (χ3n) is 3.12. The Kier molecular flexibility index (Phi) is 3.17. The second-order valence-corrected chi connectivity index (χ2v) is 4.56. The van der Waals surface area contributed by atoms with E-state index in [9.17, 15) is 4.79 Å². The van der Waals surface area contributed by atoms with Crippen molar-refractivity contribution < 1.29 is 9.53 Å². The lowest BCUT2D eigenvalue weighted by molar-refractivity contribution is -0.129. The van der Waals surface area contributed by atoms with E-state index in [2.05, 4.69) is 4.99 Å². The standard InChI is InChI=1S/C17H13NO2/c1-12-7-5-6-10-14(12)11-15-17(19)20-16(18-15)13-8-3-2-4-9-13/h2-11H,1H3. The van der Waals surface area contributed by atoms with Gasteiger partial charge < -0.3 is 4.74 Å². The number of rotatable bonds is 2. The van der Waals surface area contributed by atoms with Gasteiger partial charge in [0, 0.05) is 5.56 Å². The number of hydrogen-bond acceptors (Lipinski definition) is 3. The molecule has 1 aliphatic heterocycles. The fourth-order valence-electron chi connectivity index (χ4n) is 2.01. The molecule has 0 aromatic heterocycles. The third kappa shape index (κ3) is 2.38. The minimum Gasteiger partial charge on any atom is -0.402 e. The van der Waals surface area contributed by atoms with E-state index in [-0.39, 0.29) is 0 Å². The molecule has 1 heterocycles. The van der Waals surface area contributed by atoms with Gasteiger partial charge in [-0.1, -0.05) is 42.5 Å². The Bertz CT molecular complexity index is 715. The smallest absolute Gasteiger partial charge is 0.363 e. The zero-order chi connectivity index (χ0) is 13.9. The maximum atomic E-state index is 11.9. The summed E-state index contributed by atoms with van der Waals surface area (Å²) in [6.07, 6.45) is 1.76. The summed E-state index contributed by atoms with van der Waals surface area (Å²) in [7, 11) is 0. The van der Waals surface area contributed by atoms with Crippen molar-refractivity contribution in [2.45, 2.75) is 6.92 Å². The zero-order valence-electron chi connectivity index (χ0n) is 11.0. The Labute approximate surface area is 117 Å². The first-order valence-electron chi connectivity index (χ1n) is 6.37. The van der Waals surface area contributed by atoms with Crippen LogP contribution in [0.4, 0.5) is 0 Å². The molecule has 0 unspecified atom stereocenters. The monoisotopic (exact) mass is 263 g/mol. The highest BCUT2D eigenvalue weighted by atomic mass is 16.6. The van der Waals surface area contributed by atoms with Gasteiger partial charge in [-0.2, -0.15) is 0 Å². The predicted octanol–water partition coefficient (Wildman–Crippen LogP) is 3.34. The van der Waals surface area contributed by atoms with Crippen LogP contribution in [0.5, 0.6) is 0 Å². The van der Waals surface area contributed by atoms with Crippen LogP contribution in [0.3, 0.4) is 0 Å². The molecular formula is C17H13NO2. The highest BCUT2D eigenvalue weighted by Crippen LogP contribution is 2.20. The van der Waals surface area contributed by atoms with Crippen molar-refractivity contribution in [3.8, 4) is 0 Å². The average molecular weight is 263 g/mol. The summed E-state index contributed by atoms with van der Waals surface area (Å²) >= 11 is 0. The normalized spacial score (nSPS) is 16.1. The predicted molar refractivity (Wildman–Crippen MR) is 78.2 cm³/mol. The van der Waals surface area contributed by atoms with Gasteiger partial charge >= 0.3 is 5.97 Å². The van der Waals surface area contributed by atoms with Gasteiger partial charge in [-0.15, -0.1) is 0 Å². The number of nitrogens with zero attached hydrogens (tertiary/aromatic N) is 1. The Morgan fingerprint density at radius 2 is 1.70 bits per heavy atom. The summed E-state index contributed by atoms with van der Waals surface area (Å²) in [6, 6.07) is 17.2. The summed E-state index contributed by atoms with van der Waals surface area (Å²) in [5.41, 5.74) is 3.20. The van der Waals surface area contributed by atoms with E-state index < -0.39 is 5.97 Å². The average Bonchev–Trinajstić information content (AvgIpc) is 2.84. The topological polar surface area (TPSA) is 38.7 Å². The van der Waals surface area contributed by atoms with E-state index in [1.54, 1.807) is 6.08 Å². The Hall–Kier alpha value is -2.68. The van der Waals surface area contributed by atoms with Crippen molar-refractivity contribution in [2.24, 2.45) is 4.99 Å². The van der Waals surface area contributed by atoms with Crippen LogP contribution in [-0.4, -0.2) is 11.9 Å². The number of cyclic esters (lactones) is 1. The first kappa shape index (κ1) is 12.4. The molecule has 0 spiro atoms. The summed E-state index contributed by atoms with van der Waals surface area (Å²) in [5.74, 6) is -0.0532. The number of benzene rings is 2. The van der Waals surface area contributed by atoms with Gasteiger partial charge in [-0.25, -0.2) is 9.79 Å². The second-order valence-electron chi connectivity index (χ2n) is 4.56. The molecule has 0 saturated heterocycles. The summed E-state index contributed by atoms with van der Waals surface area (Å²) in [4.78, 5) is 16.2. The molecule has 0 fully saturated rings. The van der Waals surface area contributed by atoms with Gasteiger partial charge in [0.25, 0.3) is 0 Å². The van der Waals surface area contributed by atoms with Crippen LogP contribution < -0.4 is 0 Å². The van der Waals surface area contributed by atoms with Gasteiger partial charge in [0.1, 0.15) is 0 Å². The van der Waals surface area contributed by atoms with Gasteiger partial charge in [0.05, 0.1) is 0 Å². The molecule has 0 radical (unpaired) electrons. The molecule has 0 bridgehead atoms. The molecule has 2 aromatic rings. The maximum absolute atomic E-state index is 11.9. The summed E-state index contributed by atoms with van der Waals surface area (Å²) in [5, 5.41) is 0. The van der Waals surface area contributed by atoms with E-state index in [0.717, 1.165) is 16.7 Å². The molecule has 3 heteroatoms. The Morgan fingerprint density at radius 3 is 2.45 bits per heavy atom. The van der Waals surface area contributed by atoms with Crippen LogP contribution in [0.15, 0.2) is 65.3 Å². The Balaban J connectivity index is 1.97. The van der Waals surface area contributed by atoms with E-state index in [0.29, 0.717) is 11.6 Å². The molecule has 0 saturated carbocycles. The molecule has 3 rings (SSSR count). The number of ether oxygens (including phenoxy) is 1. The summed E-state index contributed by atoms with van der Waals surface area (Å²) < 4.78 is 5.21. The number of aliphatic imine (C=N–C) groups is 1. The minimum atomic E-state index is -0.410. The molecule has 0 N–H and O–H groups in total. The van der Waals surface area contributed by atoms with Gasteiger partial charge in [-0.05, 0) is 36.3 Å². The lowest BCUT2D eigenvalue weighted by Gasteiger charge is -1.98. The second kappa shape index (κ2) is 5.13. The van der Waals surface area contributed by atoms with Crippen LogP contribution >= 0.6 is 0 Å². The molecule has 98 valence electrons. The number of carbonyl (C=O) groups is 1. The summed E-state index contributed by atoms with van der Waals surface area (Å²) in [6.45, 7) is 1.99. The van der Waals surface area contributed by atoms with Crippen molar-refractivity contribution in [3.05, 3.63) is 77.0 Å². The van der Waals surface area contributed by atoms with E-state index in [4.69, 9.17) is 4.74 Å². The van der Waals surface area contributed by atoms with Crippen molar-refractivity contribution in [2.75, 3.05) is 0 Å². The number of hydrogen-bond donors (Lipinski definition) is 0. The molecule has 2 aromatic carbocycles. The lowest BCUT2D eigenvalue weighted by Crippen LogP contribution is -2.04. The maximum Gasteiger partial charge on any atom is 0.363 e. The molecular weight excluding hydrogens is 250 g/mol. The fourth-order valence-corrected chi connectivity index (χ4v) is 2.01. The number of esters is 1. The van der Waals surface area contributed by atoms with Crippen LogP contribution in [0.2, 0.25) is 0 Å². The Morgan fingerprint density at radius 1 is 1.00 bits per heavy atom. The van der Waals surface area contributed by atoms with Gasteiger partial charge in [0.2, 0.25) is 5.90 Å². The van der Waals surface area contributed by atoms with Crippen LogP contribution in [0.1, 0.15) is 16.7 Å². The highest BCUT2D eigenvalue weighted by molar-refractivity contribution is 6.12. The van der Waals surface area contributed by atoms with Gasteiger partial charge in [0.15, 0.2) is 5.70 Å². The van der Waals surface area contributed by atoms with Crippen LogP contribution in [-0.2, 0) is 9.53 Å². The number of carbonyl (C=O) groups excluding carboxylic acids is 1. The van der Waals surface area contributed by atoms with Crippen molar-refractivity contribution in [1.82, 2.24) is 0 Å². The van der Waals surface area contributed by atoms with E-state index in [1.807, 2.05) is 61.5 Å². The van der Waals surface area contributed by atoms with Crippen LogP contribution in [0, 0.1) is 6.92 Å². The highest BCUT2D eigenvalue weighted by Gasteiger charge is 2.23. The molecule has 0 amide bonds.